The lowest BCUT2D eigenvalue weighted by molar-refractivity contribution is 0.111. The average Bonchev–Trinajstić information content (AvgIpc) is 2.29. The molecular weight excluding hydrogens is 215 g/mol. The molecule has 0 atom stereocenters. The Kier molecular flexibility index (Phi) is 4.10. The van der Waals surface area contributed by atoms with Crippen LogP contribution in [-0.2, 0) is 0 Å². The van der Waals surface area contributed by atoms with Gasteiger partial charge in [-0.1, -0.05) is 0 Å². The second-order valence-electron chi connectivity index (χ2n) is 2.94. The Labute approximate surface area is 92.6 Å². The molecule has 4 nitrogen and oxygen atoms in total. The smallest absolute Gasteiger partial charge is 0.211 e. The van der Waals surface area contributed by atoms with E-state index in [1.165, 1.54) is 6.07 Å². The van der Waals surface area contributed by atoms with E-state index in [1.54, 1.807) is 13.8 Å². The number of benzene rings is 1. The number of phenolic OH excluding ortho intramolecular Hbond substituents is 1. The molecule has 0 amide bonds. The number of rotatable bonds is 5. The zero-order chi connectivity index (χ0) is 12.1. The van der Waals surface area contributed by atoms with Crippen LogP contribution in [0, 0.1) is 5.82 Å². The highest BCUT2D eigenvalue weighted by Crippen LogP contribution is 2.37. The van der Waals surface area contributed by atoms with Crippen LogP contribution in [0.1, 0.15) is 24.2 Å². The van der Waals surface area contributed by atoms with Crippen LogP contribution in [0.2, 0.25) is 0 Å². The number of aromatic hydroxyl groups is 1. The molecule has 0 aliphatic rings. The SMILES string of the molecule is CCOc1cc(C=O)c(OCC)c(F)c1O. The van der Waals surface area contributed by atoms with Crippen molar-refractivity contribution in [1.82, 2.24) is 0 Å². The maximum Gasteiger partial charge on any atom is 0.211 e. The highest BCUT2D eigenvalue weighted by atomic mass is 19.1. The zero-order valence-corrected chi connectivity index (χ0v) is 9.12. The van der Waals surface area contributed by atoms with Gasteiger partial charge in [0.25, 0.3) is 0 Å². The van der Waals surface area contributed by atoms with Crippen molar-refractivity contribution in [3.8, 4) is 17.2 Å². The summed E-state index contributed by atoms with van der Waals surface area (Å²) in [6, 6.07) is 1.25. The van der Waals surface area contributed by atoms with Gasteiger partial charge in [0.15, 0.2) is 23.5 Å². The van der Waals surface area contributed by atoms with E-state index < -0.39 is 11.6 Å². The summed E-state index contributed by atoms with van der Waals surface area (Å²) in [6.07, 6.45) is 0.454. The van der Waals surface area contributed by atoms with Crippen LogP contribution in [0.3, 0.4) is 0 Å². The van der Waals surface area contributed by atoms with Crippen LogP contribution in [0.4, 0.5) is 4.39 Å². The molecule has 1 aromatic carbocycles. The molecule has 0 bridgehead atoms. The first-order valence-corrected chi connectivity index (χ1v) is 4.91. The topological polar surface area (TPSA) is 55.8 Å². The summed E-state index contributed by atoms with van der Waals surface area (Å²) >= 11 is 0. The number of ether oxygens (including phenoxy) is 2. The number of aldehydes is 1. The van der Waals surface area contributed by atoms with Crippen LogP contribution in [0.25, 0.3) is 0 Å². The summed E-state index contributed by atoms with van der Waals surface area (Å²) < 4.78 is 23.5. The highest BCUT2D eigenvalue weighted by molar-refractivity contribution is 5.81. The predicted molar refractivity (Wildman–Crippen MR) is 55.8 cm³/mol. The van der Waals surface area contributed by atoms with Gasteiger partial charge in [-0.2, -0.15) is 4.39 Å². The summed E-state index contributed by atoms with van der Waals surface area (Å²) in [5.41, 5.74) is 0.0144. The lowest BCUT2D eigenvalue weighted by Crippen LogP contribution is -2.02. The minimum atomic E-state index is -0.977. The molecule has 0 aliphatic carbocycles. The third-order valence-electron chi connectivity index (χ3n) is 1.90. The number of carbonyl (C=O) groups excluding carboxylic acids is 1. The minimum absolute atomic E-state index is 0.0144. The molecule has 0 saturated heterocycles. The molecule has 0 saturated carbocycles. The molecule has 0 fully saturated rings. The van der Waals surface area contributed by atoms with Crippen molar-refractivity contribution >= 4 is 6.29 Å². The molecule has 0 spiro atoms. The molecule has 0 aromatic heterocycles. The normalized spacial score (nSPS) is 9.94. The number of hydrogen-bond acceptors (Lipinski definition) is 4. The van der Waals surface area contributed by atoms with Gasteiger partial charge < -0.3 is 14.6 Å². The van der Waals surface area contributed by atoms with Crippen LogP contribution in [0.5, 0.6) is 17.2 Å². The monoisotopic (exact) mass is 228 g/mol. The number of hydrogen-bond donors (Lipinski definition) is 1. The molecule has 1 rings (SSSR count). The first-order valence-electron chi connectivity index (χ1n) is 4.91. The summed E-state index contributed by atoms with van der Waals surface area (Å²) in [6.45, 7) is 3.81. The van der Waals surface area contributed by atoms with E-state index >= 15 is 0 Å². The fourth-order valence-corrected chi connectivity index (χ4v) is 1.26. The van der Waals surface area contributed by atoms with Crippen molar-refractivity contribution in [2.45, 2.75) is 13.8 Å². The van der Waals surface area contributed by atoms with Crippen LogP contribution in [-0.4, -0.2) is 24.6 Å². The molecule has 0 heterocycles. The van der Waals surface area contributed by atoms with Crippen molar-refractivity contribution in [1.29, 1.82) is 0 Å². The highest BCUT2D eigenvalue weighted by Gasteiger charge is 2.19. The van der Waals surface area contributed by atoms with Gasteiger partial charge in [-0.3, -0.25) is 4.79 Å². The Morgan fingerprint density at radius 3 is 2.50 bits per heavy atom. The van der Waals surface area contributed by atoms with Crippen LogP contribution < -0.4 is 9.47 Å². The molecular formula is C11H13FO4. The largest absolute Gasteiger partial charge is 0.502 e. The summed E-state index contributed by atoms with van der Waals surface area (Å²) in [5, 5.41) is 9.46. The van der Waals surface area contributed by atoms with Crippen molar-refractivity contribution in [3.63, 3.8) is 0 Å². The van der Waals surface area contributed by atoms with Crippen molar-refractivity contribution in [2.75, 3.05) is 13.2 Å². The number of carbonyl (C=O) groups is 1. The first kappa shape index (κ1) is 12.3. The first-order chi connectivity index (χ1) is 7.65. The van der Waals surface area contributed by atoms with Gasteiger partial charge in [-0.05, 0) is 19.9 Å². The number of phenols is 1. The second-order valence-corrected chi connectivity index (χ2v) is 2.94. The molecule has 0 radical (unpaired) electrons. The van der Waals surface area contributed by atoms with Crippen LogP contribution in [0.15, 0.2) is 6.07 Å². The van der Waals surface area contributed by atoms with Crippen LogP contribution >= 0.6 is 0 Å². The Hall–Kier alpha value is -1.78. The maximum atomic E-state index is 13.6. The molecule has 1 N–H and O–H groups in total. The van der Waals surface area contributed by atoms with Gasteiger partial charge >= 0.3 is 0 Å². The van der Waals surface area contributed by atoms with Gasteiger partial charge in [0, 0.05) is 0 Å². The lowest BCUT2D eigenvalue weighted by atomic mass is 10.2. The van der Waals surface area contributed by atoms with Crippen molar-refractivity contribution in [2.24, 2.45) is 0 Å². The minimum Gasteiger partial charge on any atom is -0.502 e. The third-order valence-corrected chi connectivity index (χ3v) is 1.90. The Morgan fingerprint density at radius 1 is 1.38 bits per heavy atom. The fraction of sp³-hybridized carbons (Fsp3) is 0.364. The standard InChI is InChI=1S/C11H13FO4/c1-3-15-8-5-7(6-13)11(16-4-2)9(12)10(8)14/h5-6,14H,3-4H2,1-2H3. The van der Waals surface area contributed by atoms with E-state index in [1.807, 2.05) is 0 Å². The summed E-state index contributed by atoms with van der Waals surface area (Å²) in [7, 11) is 0. The van der Waals surface area contributed by atoms with Gasteiger partial charge in [0.2, 0.25) is 5.82 Å². The van der Waals surface area contributed by atoms with E-state index in [0.717, 1.165) is 0 Å². The van der Waals surface area contributed by atoms with Crippen molar-refractivity contribution in [3.05, 3.63) is 17.4 Å². The van der Waals surface area contributed by atoms with Crippen molar-refractivity contribution < 1.29 is 23.8 Å². The fourth-order valence-electron chi connectivity index (χ4n) is 1.26. The molecule has 16 heavy (non-hydrogen) atoms. The quantitative estimate of drug-likeness (QED) is 0.784. The van der Waals surface area contributed by atoms with Gasteiger partial charge in [-0.25, -0.2) is 0 Å². The number of halogens is 1. The third kappa shape index (κ3) is 2.24. The Balaban J connectivity index is 3.30. The van der Waals surface area contributed by atoms with Gasteiger partial charge in [-0.15, -0.1) is 0 Å². The Morgan fingerprint density at radius 2 is 2.00 bits per heavy atom. The van der Waals surface area contributed by atoms with Gasteiger partial charge in [0.05, 0.1) is 18.8 Å². The molecule has 5 heteroatoms. The summed E-state index contributed by atoms with van der Waals surface area (Å²) in [5.74, 6) is -1.94. The van der Waals surface area contributed by atoms with E-state index in [-0.39, 0.29) is 30.3 Å². The zero-order valence-electron chi connectivity index (χ0n) is 9.12. The molecule has 0 aliphatic heterocycles. The Bertz CT molecular complexity index is 390. The second kappa shape index (κ2) is 5.34. The van der Waals surface area contributed by atoms with E-state index in [0.29, 0.717) is 6.29 Å². The molecule has 1 aromatic rings. The lowest BCUT2D eigenvalue weighted by Gasteiger charge is -2.12. The summed E-state index contributed by atoms with van der Waals surface area (Å²) in [4.78, 5) is 10.7. The maximum absolute atomic E-state index is 13.6. The molecule has 0 unspecified atom stereocenters. The average molecular weight is 228 g/mol. The van der Waals surface area contributed by atoms with E-state index in [2.05, 4.69) is 0 Å². The van der Waals surface area contributed by atoms with E-state index in [9.17, 15) is 14.3 Å². The molecule has 88 valence electrons. The predicted octanol–water partition coefficient (Wildman–Crippen LogP) is 2.14. The van der Waals surface area contributed by atoms with Gasteiger partial charge in [0.1, 0.15) is 0 Å². The van der Waals surface area contributed by atoms with E-state index in [4.69, 9.17) is 9.47 Å².